The van der Waals surface area contributed by atoms with Crippen LogP contribution in [-0.2, 0) is 6.42 Å². The van der Waals surface area contributed by atoms with Gasteiger partial charge < -0.3 is 5.73 Å². The van der Waals surface area contributed by atoms with Gasteiger partial charge in [0.2, 0.25) is 0 Å². The summed E-state index contributed by atoms with van der Waals surface area (Å²) in [6.07, 6.45) is 1.02. The zero-order valence-corrected chi connectivity index (χ0v) is 14.1. The third-order valence-electron chi connectivity index (χ3n) is 4.02. The second-order valence-electron chi connectivity index (χ2n) is 5.62. The third kappa shape index (κ3) is 4.07. The van der Waals surface area contributed by atoms with Crippen LogP contribution >= 0.6 is 7.92 Å². The first-order valence-corrected chi connectivity index (χ1v) is 9.43. The summed E-state index contributed by atoms with van der Waals surface area (Å²) >= 11 is 0. The molecule has 3 aromatic carbocycles. The van der Waals surface area contributed by atoms with E-state index in [1.54, 1.807) is 0 Å². The fourth-order valence-electron chi connectivity index (χ4n) is 2.91. The van der Waals surface area contributed by atoms with Gasteiger partial charge in [-0.2, -0.15) is 0 Å². The molecule has 0 aliphatic rings. The van der Waals surface area contributed by atoms with Crippen LogP contribution in [0.4, 0.5) is 0 Å². The summed E-state index contributed by atoms with van der Waals surface area (Å²) in [6.45, 7) is 0.699. The van der Waals surface area contributed by atoms with Gasteiger partial charge in [0.1, 0.15) is 0 Å². The molecule has 23 heavy (non-hydrogen) atoms. The van der Waals surface area contributed by atoms with Crippen molar-refractivity contribution in [1.82, 2.24) is 0 Å². The molecule has 0 spiro atoms. The van der Waals surface area contributed by atoms with Crippen LogP contribution in [0.1, 0.15) is 5.56 Å². The number of benzene rings is 3. The second-order valence-corrected chi connectivity index (χ2v) is 8.12. The van der Waals surface area contributed by atoms with Gasteiger partial charge in [0.15, 0.2) is 0 Å². The minimum absolute atomic E-state index is 0.442. The molecule has 0 saturated carbocycles. The van der Waals surface area contributed by atoms with Crippen molar-refractivity contribution in [2.75, 3.05) is 6.54 Å². The van der Waals surface area contributed by atoms with Gasteiger partial charge in [0.05, 0.1) is 0 Å². The van der Waals surface area contributed by atoms with Gasteiger partial charge in [-0.25, -0.2) is 0 Å². The van der Waals surface area contributed by atoms with E-state index >= 15 is 0 Å². The quantitative estimate of drug-likeness (QED) is 0.689. The smallest absolute Gasteiger partial charge is 0.00346 e. The predicted molar refractivity (Wildman–Crippen MR) is 102 cm³/mol. The highest BCUT2D eigenvalue weighted by molar-refractivity contribution is 7.73. The summed E-state index contributed by atoms with van der Waals surface area (Å²) in [7, 11) is -0.463. The highest BCUT2D eigenvalue weighted by Crippen LogP contribution is 2.40. The summed E-state index contributed by atoms with van der Waals surface area (Å²) in [5, 5.41) is 2.81. The van der Waals surface area contributed by atoms with E-state index in [9.17, 15) is 0 Å². The normalized spacial score (nSPS) is 12.3. The van der Waals surface area contributed by atoms with Crippen molar-refractivity contribution in [1.29, 1.82) is 0 Å². The molecule has 0 aliphatic carbocycles. The Morgan fingerprint density at radius 1 is 0.652 bits per heavy atom. The van der Waals surface area contributed by atoms with E-state index in [1.165, 1.54) is 16.2 Å². The SMILES string of the molecule is NCC(Cc1ccccc1)P(c1ccccc1)c1ccccc1. The highest BCUT2D eigenvalue weighted by atomic mass is 31.1. The van der Waals surface area contributed by atoms with Gasteiger partial charge in [0.25, 0.3) is 0 Å². The Bertz CT molecular complexity index is 658. The fraction of sp³-hybridized carbons (Fsp3) is 0.143. The zero-order valence-electron chi connectivity index (χ0n) is 13.2. The molecule has 1 atom stereocenters. The summed E-state index contributed by atoms with van der Waals surface area (Å²) in [5.74, 6) is 0. The fourth-order valence-corrected chi connectivity index (χ4v) is 5.65. The number of nitrogens with two attached hydrogens (primary N) is 1. The molecule has 2 N–H and O–H groups in total. The lowest BCUT2D eigenvalue weighted by Crippen LogP contribution is -2.29. The van der Waals surface area contributed by atoms with Crippen LogP contribution in [0.25, 0.3) is 0 Å². The first-order chi connectivity index (χ1) is 11.4. The van der Waals surface area contributed by atoms with Crippen molar-refractivity contribution in [3.8, 4) is 0 Å². The molecule has 3 aromatic rings. The van der Waals surface area contributed by atoms with Crippen LogP contribution in [0, 0.1) is 0 Å². The van der Waals surface area contributed by atoms with Gasteiger partial charge in [-0.15, -0.1) is 0 Å². The van der Waals surface area contributed by atoms with Crippen LogP contribution in [0.3, 0.4) is 0 Å². The van der Waals surface area contributed by atoms with Crippen molar-refractivity contribution in [3.05, 3.63) is 96.6 Å². The van der Waals surface area contributed by atoms with Crippen LogP contribution in [0.5, 0.6) is 0 Å². The molecule has 0 heterocycles. The Morgan fingerprint density at radius 3 is 1.52 bits per heavy atom. The summed E-state index contributed by atoms with van der Waals surface area (Å²) < 4.78 is 0. The number of hydrogen-bond donors (Lipinski definition) is 1. The molecule has 0 amide bonds. The lowest BCUT2D eigenvalue weighted by Gasteiger charge is -2.28. The number of hydrogen-bond acceptors (Lipinski definition) is 1. The first-order valence-electron chi connectivity index (χ1n) is 8.02. The monoisotopic (exact) mass is 319 g/mol. The van der Waals surface area contributed by atoms with Crippen molar-refractivity contribution in [2.24, 2.45) is 5.73 Å². The Labute approximate surface area is 139 Å². The van der Waals surface area contributed by atoms with Crippen molar-refractivity contribution in [3.63, 3.8) is 0 Å². The second kappa shape index (κ2) is 8.06. The van der Waals surface area contributed by atoms with Gasteiger partial charge in [-0.3, -0.25) is 0 Å². The van der Waals surface area contributed by atoms with Gasteiger partial charge in [-0.1, -0.05) is 91.0 Å². The Hall–Kier alpha value is -1.95. The topological polar surface area (TPSA) is 26.0 Å². The first kappa shape index (κ1) is 15.9. The lowest BCUT2D eigenvalue weighted by molar-refractivity contribution is 0.846. The summed E-state index contributed by atoms with van der Waals surface area (Å²) in [5.41, 5.74) is 8.02. The minimum atomic E-state index is -0.463. The maximum absolute atomic E-state index is 6.21. The van der Waals surface area contributed by atoms with E-state index in [-0.39, 0.29) is 0 Å². The van der Waals surface area contributed by atoms with E-state index in [0.717, 1.165) is 6.42 Å². The standard InChI is InChI=1S/C21H22NP/c22-17-21(16-18-10-4-1-5-11-18)23(19-12-6-2-7-13-19)20-14-8-3-9-15-20/h1-15,21H,16-17,22H2. The maximum atomic E-state index is 6.21. The molecule has 2 heteroatoms. The third-order valence-corrected chi connectivity index (χ3v) is 6.85. The van der Waals surface area contributed by atoms with E-state index in [2.05, 4.69) is 91.0 Å². The molecule has 0 fully saturated rings. The molecule has 116 valence electrons. The summed E-state index contributed by atoms with van der Waals surface area (Å²) in [6, 6.07) is 32.3. The Morgan fingerprint density at radius 2 is 1.09 bits per heavy atom. The molecule has 0 aliphatic heterocycles. The molecular weight excluding hydrogens is 297 g/mol. The van der Waals surface area contributed by atoms with Crippen molar-refractivity contribution in [2.45, 2.75) is 12.1 Å². The van der Waals surface area contributed by atoms with Crippen LogP contribution in [0.2, 0.25) is 0 Å². The van der Waals surface area contributed by atoms with E-state index in [4.69, 9.17) is 5.73 Å². The Kier molecular flexibility index (Phi) is 5.58. The van der Waals surface area contributed by atoms with E-state index < -0.39 is 7.92 Å². The van der Waals surface area contributed by atoms with Crippen LogP contribution < -0.4 is 16.3 Å². The minimum Gasteiger partial charge on any atom is -0.330 e. The molecule has 0 radical (unpaired) electrons. The predicted octanol–water partition coefficient (Wildman–Crippen LogP) is 3.69. The number of rotatable bonds is 6. The lowest BCUT2D eigenvalue weighted by atomic mass is 10.1. The van der Waals surface area contributed by atoms with Gasteiger partial charge in [0, 0.05) is 5.66 Å². The molecule has 0 saturated heterocycles. The molecule has 1 unspecified atom stereocenters. The average Bonchev–Trinajstić information content (AvgIpc) is 2.64. The molecular formula is C21H22NP. The van der Waals surface area contributed by atoms with Crippen molar-refractivity contribution >= 4 is 18.5 Å². The molecule has 0 aromatic heterocycles. The summed E-state index contributed by atoms with van der Waals surface area (Å²) in [4.78, 5) is 0. The molecule has 1 nitrogen and oxygen atoms in total. The highest BCUT2D eigenvalue weighted by Gasteiger charge is 2.23. The van der Waals surface area contributed by atoms with Gasteiger partial charge in [-0.05, 0) is 37.1 Å². The van der Waals surface area contributed by atoms with Crippen LogP contribution in [-0.4, -0.2) is 12.2 Å². The Balaban J connectivity index is 1.96. The molecule has 0 bridgehead atoms. The van der Waals surface area contributed by atoms with Crippen LogP contribution in [0.15, 0.2) is 91.0 Å². The average molecular weight is 319 g/mol. The van der Waals surface area contributed by atoms with Gasteiger partial charge >= 0.3 is 0 Å². The zero-order chi connectivity index (χ0) is 15.9. The maximum Gasteiger partial charge on any atom is 0.00346 e. The van der Waals surface area contributed by atoms with E-state index in [0.29, 0.717) is 12.2 Å². The van der Waals surface area contributed by atoms with E-state index in [1.807, 2.05) is 0 Å². The van der Waals surface area contributed by atoms with Crippen molar-refractivity contribution < 1.29 is 0 Å². The largest absolute Gasteiger partial charge is 0.330 e. The molecule has 3 rings (SSSR count).